The van der Waals surface area contributed by atoms with Crippen molar-refractivity contribution in [2.75, 3.05) is 0 Å². The van der Waals surface area contributed by atoms with Gasteiger partial charge in [0.2, 0.25) is 5.91 Å². The van der Waals surface area contributed by atoms with Gasteiger partial charge in [-0.1, -0.05) is 39.5 Å². The number of carbonyl (C=O) groups excluding carboxylic acids is 1. The molecule has 1 fully saturated rings. The van der Waals surface area contributed by atoms with E-state index in [1.807, 2.05) is 0 Å². The van der Waals surface area contributed by atoms with E-state index in [-0.39, 0.29) is 5.91 Å². The summed E-state index contributed by atoms with van der Waals surface area (Å²) < 4.78 is 0. The molecular formula is C12H23NO. The Kier molecular flexibility index (Phi) is 4.99. The summed E-state index contributed by atoms with van der Waals surface area (Å²) in [7, 11) is 0. The van der Waals surface area contributed by atoms with Crippen LogP contribution in [0.4, 0.5) is 0 Å². The van der Waals surface area contributed by atoms with Gasteiger partial charge in [0, 0.05) is 12.5 Å². The van der Waals surface area contributed by atoms with Crippen molar-refractivity contribution in [3.8, 4) is 0 Å². The highest BCUT2D eigenvalue weighted by atomic mass is 16.1. The molecule has 0 aromatic heterocycles. The summed E-state index contributed by atoms with van der Waals surface area (Å²) in [4.78, 5) is 11.5. The maximum absolute atomic E-state index is 11.5. The summed E-state index contributed by atoms with van der Waals surface area (Å²) in [6.45, 7) is 4.18. The average molecular weight is 197 g/mol. The fraction of sp³-hybridized carbons (Fsp3) is 0.917. The second kappa shape index (κ2) is 6.05. The molecule has 1 amide bonds. The topological polar surface area (TPSA) is 29.1 Å². The van der Waals surface area contributed by atoms with Crippen LogP contribution in [0.3, 0.4) is 0 Å². The molecule has 0 radical (unpaired) electrons. The Morgan fingerprint density at radius 1 is 1.21 bits per heavy atom. The molecule has 0 saturated heterocycles. The zero-order chi connectivity index (χ0) is 10.4. The zero-order valence-electron chi connectivity index (χ0n) is 9.51. The lowest BCUT2D eigenvalue weighted by atomic mass is 10.1. The maximum atomic E-state index is 11.5. The first-order chi connectivity index (χ1) is 6.68. The van der Waals surface area contributed by atoms with Crippen LogP contribution in [0.1, 0.15) is 58.8 Å². The lowest BCUT2D eigenvalue weighted by molar-refractivity contribution is -0.122. The second-order valence-electron chi connectivity index (χ2n) is 4.85. The molecule has 14 heavy (non-hydrogen) atoms. The van der Waals surface area contributed by atoms with Crippen molar-refractivity contribution < 1.29 is 4.79 Å². The monoisotopic (exact) mass is 197 g/mol. The minimum atomic E-state index is 0.242. The van der Waals surface area contributed by atoms with Gasteiger partial charge in [-0.15, -0.1) is 0 Å². The molecule has 0 aromatic rings. The van der Waals surface area contributed by atoms with E-state index in [2.05, 4.69) is 19.2 Å². The number of carbonyl (C=O) groups is 1. The van der Waals surface area contributed by atoms with Gasteiger partial charge in [-0.3, -0.25) is 4.79 Å². The predicted molar refractivity (Wildman–Crippen MR) is 59.1 cm³/mol. The third kappa shape index (κ3) is 4.64. The van der Waals surface area contributed by atoms with Crippen molar-refractivity contribution in [2.24, 2.45) is 5.92 Å². The molecule has 0 bridgehead atoms. The van der Waals surface area contributed by atoms with Crippen LogP contribution >= 0.6 is 0 Å². The van der Waals surface area contributed by atoms with Crippen molar-refractivity contribution in [2.45, 2.75) is 64.8 Å². The summed E-state index contributed by atoms with van der Waals surface area (Å²) in [5.74, 6) is 0.715. The molecule has 2 heteroatoms. The smallest absolute Gasteiger partial charge is 0.220 e. The summed E-state index contributed by atoms with van der Waals surface area (Å²) in [6, 6.07) is 0.462. The SMILES string of the molecule is CC(C)CC(=O)NC1CCCCCC1. The van der Waals surface area contributed by atoms with E-state index in [4.69, 9.17) is 0 Å². The average Bonchev–Trinajstić information content (AvgIpc) is 2.31. The summed E-state index contributed by atoms with van der Waals surface area (Å²) in [5, 5.41) is 3.15. The molecule has 0 spiro atoms. The van der Waals surface area contributed by atoms with E-state index in [0.29, 0.717) is 18.4 Å². The van der Waals surface area contributed by atoms with Crippen LogP contribution in [-0.4, -0.2) is 11.9 Å². The lowest BCUT2D eigenvalue weighted by Crippen LogP contribution is -2.34. The highest BCUT2D eigenvalue weighted by Gasteiger charge is 2.14. The van der Waals surface area contributed by atoms with Gasteiger partial charge in [-0.2, -0.15) is 0 Å². The molecule has 0 unspecified atom stereocenters. The van der Waals surface area contributed by atoms with Crippen molar-refractivity contribution in [1.29, 1.82) is 0 Å². The first-order valence-electron chi connectivity index (χ1n) is 5.98. The molecule has 0 aromatic carbocycles. The lowest BCUT2D eigenvalue weighted by Gasteiger charge is -2.16. The predicted octanol–water partition coefficient (Wildman–Crippen LogP) is 2.87. The van der Waals surface area contributed by atoms with Gasteiger partial charge in [-0.05, 0) is 18.8 Å². The molecule has 1 aliphatic carbocycles. The van der Waals surface area contributed by atoms with Crippen LogP contribution < -0.4 is 5.32 Å². The fourth-order valence-electron chi connectivity index (χ4n) is 2.08. The van der Waals surface area contributed by atoms with Crippen LogP contribution in [0, 0.1) is 5.92 Å². The highest BCUT2D eigenvalue weighted by molar-refractivity contribution is 5.76. The Hall–Kier alpha value is -0.530. The van der Waals surface area contributed by atoms with Gasteiger partial charge in [0.1, 0.15) is 0 Å². The number of nitrogens with one attached hydrogen (secondary N) is 1. The van der Waals surface area contributed by atoms with E-state index in [1.165, 1.54) is 38.5 Å². The minimum Gasteiger partial charge on any atom is -0.353 e. The summed E-state index contributed by atoms with van der Waals surface area (Å²) >= 11 is 0. The number of rotatable bonds is 3. The van der Waals surface area contributed by atoms with Gasteiger partial charge < -0.3 is 5.32 Å². The van der Waals surface area contributed by atoms with Crippen molar-refractivity contribution in [3.63, 3.8) is 0 Å². The molecule has 82 valence electrons. The molecule has 2 nitrogen and oxygen atoms in total. The van der Waals surface area contributed by atoms with Crippen LogP contribution in [0.5, 0.6) is 0 Å². The van der Waals surface area contributed by atoms with E-state index in [9.17, 15) is 4.79 Å². The third-order valence-electron chi connectivity index (χ3n) is 2.81. The Labute approximate surface area is 87.5 Å². The quantitative estimate of drug-likeness (QED) is 0.692. The van der Waals surface area contributed by atoms with Gasteiger partial charge in [0.25, 0.3) is 0 Å². The normalized spacial score (nSPS) is 19.4. The summed E-state index contributed by atoms with van der Waals surface area (Å²) in [6.07, 6.45) is 8.30. The molecule has 1 saturated carbocycles. The molecular weight excluding hydrogens is 174 g/mol. The first kappa shape index (κ1) is 11.5. The van der Waals surface area contributed by atoms with Crippen molar-refractivity contribution in [1.82, 2.24) is 5.32 Å². The van der Waals surface area contributed by atoms with Gasteiger partial charge in [-0.25, -0.2) is 0 Å². The van der Waals surface area contributed by atoms with Gasteiger partial charge in [0.05, 0.1) is 0 Å². The van der Waals surface area contributed by atoms with E-state index in [1.54, 1.807) is 0 Å². The highest BCUT2D eigenvalue weighted by Crippen LogP contribution is 2.17. The minimum absolute atomic E-state index is 0.242. The fourth-order valence-corrected chi connectivity index (χ4v) is 2.08. The van der Waals surface area contributed by atoms with E-state index in [0.717, 1.165) is 0 Å². The Bertz CT molecular complexity index is 169. The summed E-state index contributed by atoms with van der Waals surface area (Å²) in [5.41, 5.74) is 0. The number of hydrogen-bond acceptors (Lipinski definition) is 1. The van der Waals surface area contributed by atoms with E-state index < -0.39 is 0 Å². The Balaban J connectivity index is 2.23. The maximum Gasteiger partial charge on any atom is 0.220 e. The van der Waals surface area contributed by atoms with Crippen LogP contribution in [-0.2, 0) is 4.79 Å². The number of amides is 1. The van der Waals surface area contributed by atoms with Crippen LogP contribution in [0.2, 0.25) is 0 Å². The largest absolute Gasteiger partial charge is 0.353 e. The van der Waals surface area contributed by atoms with Crippen LogP contribution in [0.15, 0.2) is 0 Å². The molecule has 0 heterocycles. The van der Waals surface area contributed by atoms with E-state index >= 15 is 0 Å². The second-order valence-corrected chi connectivity index (χ2v) is 4.85. The molecule has 1 N–H and O–H groups in total. The number of hydrogen-bond donors (Lipinski definition) is 1. The molecule has 1 rings (SSSR count). The zero-order valence-corrected chi connectivity index (χ0v) is 9.51. The van der Waals surface area contributed by atoms with Crippen LogP contribution in [0.25, 0.3) is 0 Å². The van der Waals surface area contributed by atoms with Gasteiger partial charge in [0.15, 0.2) is 0 Å². The molecule has 0 atom stereocenters. The first-order valence-corrected chi connectivity index (χ1v) is 5.98. The third-order valence-corrected chi connectivity index (χ3v) is 2.81. The van der Waals surface area contributed by atoms with Crippen molar-refractivity contribution in [3.05, 3.63) is 0 Å². The standard InChI is InChI=1S/C12H23NO/c1-10(2)9-12(14)13-11-7-5-3-4-6-8-11/h10-11H,3-9H2,1-2H3,(H,13,14). The molecule has 0 aliphatic heterocycles. The van der Waals surface area contributed by atoms with Crippen molar-refractivity contribution >= 4 is 5.91 Å². The molecule has 1 aliphatic rings. The Morgan fingerprint density at radius 3 is 2.29 bits per heavy atom. The Morgan fingerprint density at radius 2 is 1.79 bits per heavy atom. The van der Waals surface area contributed by atoms with Gasteiger partial charge >= 0.3 is 0 Å².